The Bertz CT molecular complexity index is 377. The molecule has 1 aliphatic heterocycles. The van der Waals surface area contributed by atoms with E-state index in [9.17, 15) is 0 Å². The van der Waals surface area contributed by atoms with Gasteiger partial charge in [0.25, 0.3) is 0 Å². The number of rotatable bonds is 7. The van der Waals surface area contributed by atoms with E-state index in [2.05, 4.69) is 25.1 Å². The second-order valence-corrected chi connectivity index (χ2v) is 5.65. The summed E-state index contributed by atoms with van der Waals surface area (Å²) in [5.74, 6) is 1.52. The fraction of sp³-hybridized carbons (Fsp3) is 0.647. The maximum absolute atomic E-state index is 6.42. The second-order valence-electron chi connectivity index (χ2n) is 5.65. The van der Waals surface area contributed by atoms with E-state index in [1.54, 1.807) is 0 Å². The van der Waals surface area contributed by atoms with Crippen molar-refractivity contribution >= 4 is 0 Å². The summed E-state index contributed by atoms with van der Waals surface area (Å²) >= 11 is 0. The molecule has 1 heterocycles. The van der Waals surface area contributed by atoms with Gasteiger partial charge in [-0.25, -0.2) is 0 Å². The highest BCUT2D eigenvalue weighted by Crippen LogP contribution is 2.36. The van der Waals surface area contributed by atoms with E-state index in [1.807, 2.05) is 6.07 Å². The highest BCUT2D eigenvalue weighted by atomic mass is 16.5. The molecule has 1 aliphatic rings. The third-order valence-corrected chi connectivity index (χ3v) is 4.16. The van der Waals surface area contributed by atoms with E-state index in [1.165, 1.54) is 37.7 Å². The van der Waals surface area contributed by atoms with Crippen LogP contribution in [-0.2, 0) is 0 Å². The SMILES string of the molecule is CCCCCCCC(N)C1CCOc2ccccc21. The highest BCUT2D eigenvalue weighted by Gasteiger charge is 2.25. The second kappa shape index (κ2) is 7.54. The van der Waals surface area contributed by atoms with Gasteiger partial charge in [-0.1, -0.05) is 57.2 Å². The lowest BCUT2D eigenvalue weighted by Crippen LogP contribution is -2.32. The van der Waals surface area contributed by atoms with Gasteiger partial charge in [-0.05, 0) is 24.5 Å². The molecule has 2 rings (SSSR count). The van der Waals surface area contributed by atoms with Gasteiger partial charge in [-0.2, -0.15) is 0 Å². The molecule has 0 saturated heterocycles. The number of fused-ring (bicyclic) bond motifs is 1. The smallest absolute Gasteiger partial charge is 0.122 e. The topological polar surface area (TPSA) is 35.2 Å². The van der Waals surface area contributed by atoms with E-state index in [0.29, 0.717) is 5.92 Å². The van der Waals surface area contributed by atoms with E-state index in [0.717, 1.165) is 25.2 Å². The largest absolute Gasteiger partial charge is 0.493 e. The van der Waals surface area contributed by atoms with Crippen molar-refractivity contribution in [2.75, 3.05) is 6.61 Å². The van der Waals surface area contributed by atoms with Gasteiger partial charge in [0.1, 0.15) is 5.75 Å². The number of hydrogen-bond acceptors (Lipinski definition) is 2. The summed E-state index contributed by atoms with van der Waals surface area (Å²) in [6.07, 6.45) is 8.81. The van der Waals surface area contributed by atoms with Crippen LogP contribution in [0.4, 0.5) is 0 Å². The number of unbranched alkanes of at least 4 members (excludes halogenated alkanes) is 4. The summed E-state index contributed by atoms with van der Waals surface area (Å²) < 4.78 is 5.71. The number of nitrogens with two attached hydrogens (primary N) is 1. The zero-order chi connectivity index (χ0) is 13.5. The Hall–Kier alpha value is -1.02. The maximum atomic E-state index is 6.42. The van der Waals surface area contributed by atoms with Crippen molar-refractivity contribution < 1.29 is 4.74 Å². The highest BCUT2D eigenvalue weighted by molar-refractivity contribution is 5.38. The maximum Gasteiger partial charge on any atom is 0.122 e. The summed E-state index contributed by atoms with van der Waals surface area (Å²) in [5, 5.41) is 0. The minimum absolute atomic E-state index is 0.284. The van der Waals surface area contributed by atoms with Crippen molar-refractivity contribution in [3.8, 4) is 5.75 Å². The van der Waals surface area contributed by atoms with Gasteiger partial charge in [0.2, 0.25) is 0 Å². The Kier molecular flexibility index (Phi) is 5.71. The van der Waals surface area contributed by atoms with Gasteiger partial charge in [0.05, 0.1) is 6.61 Å². The summed E-state index contributed by atoms with van der Waals surface area (Å²) in [6.45, 7) is 3.07. The standard InChI is InChI=1S/C17H27NO/c1-2-3-4-5-6-10-16(18)14-12-13-19-17-11-8-7-9-15(14)17/h7-9,11,14,16H,2-6,10,12-13,18H2,1H3. The van der Waals surface area contributed by atoms with Gasteiger partial charge < -0.3 is 10.5 Å². The van der Waals surface area contributed by atoms with Crippen molar-refractivity contribution in [3.05, 3.63) is 29.8 Å². The lowest BCUT2D eigenvalue weighted by atomic mass is 9.84. The normalized spacial score (nSPS) is 19.6. The first-order chi connectivity index (χ1) is 9.33. The lowest BCUT2D eigenvalue weighted by molar-refractivity contribution is 0.251. The minimum Gasteiger partial charge on any atom is -0.493 e. The molecule has 2 unspecified atom stereocenters. The van der Waals surface area contributed by atoms with Gasteiger partial charge in [0.15, 0.2) is 0 Å². The molecular weight excluding hydrogens is 234 g/mol. The molecule has 0 fully saturated rings. The summed E-state index contributed by atoms with van der Waals surface area (Å²) in [5.41, 5.74) is 7.74. The predicted octanol–water partition coefficient (Wildman–Crippen LogP) is 4.24. The van der Waals surface area contributed by atoms with Crippen LogP contribution in [0.1, 0.15) is 63.4 Å². The molecule has 0 saturated carbocycles. The molecule has 2 heteroatoms. The number of benzene rings is 1. The first-order valence-corrected chi connectivity index (χ1v) is 7.80. The molecule has 0 aliphatic carbocycles. The average molecular weight is 261 g/mol. The molecule has 1 aromatic rings. The number of ether oxygens (including phenoxy) is 1. The van der Waals surface area contributed by atoms with Crippen LogP contribution >= 0.6 is 0 Å². The molecule has 2 atom stereocenters. The van der Waals surface area contributed by atoms with Crippen LogP contribution in [0.5, 0.6) is 5.75 Å². The summed E-state index contributed by atoms with van der Waals surface area (Å²) in [6, 6.07) is 8.66. The Morgan fingerprint density at radius 2 is 2.00 bits per heavy atom. The van der Waals surface area contributed by atoms with E-state index >= 15 is 0 Å². The van der Waals surface area contributed by atoms with Crippen LogP contribution in [0.15, 0.2) is 24.3 Å². The van der Waals surface area contributed by atoms with Crippen molar-refractivity contribution in [1.29, 1.82) is 0 Å². The van der Waals surface area contributed by atoms with Gasteiger partial charge in [0, 0.05) is 12.0 Å². The molecule has 0 amide bonds. The molecule has 0 radical (unpaired) electrons. The first-order valence-electron chi connectivity index (χ1n) is 7.80. The van der Waals surface area contributed by atoms with E-state index in [-0.39, 0.29) is 6.04 Å². The zero-order valence-corrected chi connectivity index (χ0v) is 12.1. The Labute approximate surface area is 117 Å². The van der Waals surface area contributed by atoms with Crippen molar-refractivity contribution in [1.82, 2.24) is 0 Å². The molecule has 0 bridgehead atoms. The van der Waals surface area contributed by atoms with Crippen molar-refractivity contribution in [2.24, 2.45) is 5.73 Å². The summed E-state index contributed by atoms with van der Waals surface area (Å²) in [7, 11) is 0. The van der Waals surface area contributed by atoms with Crippen LogP contribution in [0, 0.1) is 0 Å². The third-order valence-electron chi connectivity index (χ3n) is 4.16. The van der Waals surface area contributed by atoms with Crippen molar-refractivity contribution in [2.45, 2.75) is 63.8 Å². The molecule has 0 aromatic heterocycles. The van der Waals surface area contributed by atoms with Gasteiger partial charge in [-0.3, -0.25) is 0 Å². The zero-order valence-electron chi connectivity index (χ0n) is 12.1. The van der Waals surface area contributed by atoms with Gasteiger partial charge in [-0.15, -0.1) is 0 Å². The molecule has 106 valence electrons. The predicted molar refractivity (Wildman–Crippen MR) is 80.6 cm³/mol. The lowest BCUT2D eigenvalue weighted by Gasteiger charge is -2.30. The fourth-order valence-corrected chi connectivity index (χ4v) is 3.00. The van der Waals surface area contributed by atoms with Crippen molar-refractivity contribution in [3.63, 3.8) is 0 Å². The van der Waals surface area contributed by atoms with E-state index in [4.69, 9.17) is 10.5 Å². The average Bonchev–Trinajstić information content (AvgIpc) is 2.46. The molecule has 2 N–H and O–H groups in total. The number of hydrogen-bond donors (Lipinski definition) is 1. The Morgan fingerprint density at radius 1 is 1.21 bits per heavy atom. The quantitative estimate of drug-likeness (QED) is 0.745. The van der Waals surface area contributed by atoms with Crippen LogP contribution < -0.4 is 10.5 Å². The van der Waals surface area contributed by atoms with Crippen LogP contribution in [-0.4, -0.2) is 12.6 Å². The van der Waals surface area contributed by atoms with Crippen LogP contribution in [0.2, 0.25) is 0 Å². The Morgan fingerprint density at radius 3 is 2.84 bits per heavy atom. The summed E-state index contributed by atoms with van der Waals surface area (Å²) in [4.78, 5) is 0. The molecular formula is C17H27NO. The van der Waals surface area contributed by atoms with E-state index < -0.39 is 0 Å². The molecule has 1 aromatic carbocycles. The third kappa shape index (κ3) is 3.97. The minimum atomic E-state index is 0.284. The fourth-order valence-electron chi connectivity index (χ4n) is 3.00. The van der Waals surface area contributed by atoms with Crippen LogP contribution in [0.25, 0.3) is 0 Å². The first kappa shape index (κ1) is 14.4. The Balaban J connectivity index is 1.84. The molecule has 2 nitrogen and oxygen atoms in total. The monoisotopic (exact) mass is 261 g/mol. The molecule has 0 spiro atoms. The number of para-hydroxylation sites is 1. The van der Waals surface area contributed by atoms with Crippen LogP contribution in [0.3, 0.4) is 0 Å². The molecule has 19 heavy (non-hydrogen) atoms. The van der Waals surface area contributed by atoms with Gasteiger partial charge >= 0.3 is 0 Å².